The zero-order valence-corrected chi connectivity index (χ0v) is 11.0. The van der Waals surface area contributed by atoms with Gasteiger partial charge in [0, 0.05) is 36.1 Å². The summed E-state index contributed by atoms with van der Waals surface area (Å²) in [5.74, 6) is 0.877. The molecule has 3 nitrogen and oxygen atoms in total. The third kappa shape index (κ3) is 3.37. The Bertz CT molecular complexity index is 514. The molecule has 1 aromatic heterocycles. The van der Waals surface area contributed by atoms with E-state index in [1.807, 2.05) is 43.3 Å². The molecule has 0 amide bonds. The van der Waals surface area contributed by atoms with Gasteiger partial charge >= 0.3 is 0 Å². The van der Waals surface area contributed by atoms with Crippen molar-refractivity contribution >= 4 is 23.1 Å². The highest BCUT2D eigenvalue weighted by Gasteiger charge is 1.99. The fourth-order valence-electron chi connectivity index (χ4n) is 1.66. The number of aromatic nitrogens is 1. The monoisotopic (exact) mass is 261 g/mol. The first-order valence-electron chi connectivity index (χ1n) is 5.97. The molecule has 1 aromatic carbocycles. The summed E-state index contributed by atoms with van der Waals surface area (Å²) in [7, 11) is 0. The molecule has 0 bridgehead atoms. The normalized spacial score (nSPS) is 10.1. The maximum Gasteiger partial charge on any atom is 0.127 e. The second-order valence-electron chi connectivity index (χ2n) is 3.91. The van der Waals surface area contributed by atoms with E-state index in [9.17, 15) is 0 Å². The summed E-state index contributed by atoms with van der Waals surface area (Å²) >= 11 is 6.11. The van der Waals surface area contributed by atoms with E-state index >= 15 is 0 Å². The number of hydrogen-bond acceptors (Lipinski definition) is 3. The molecule has 0 unspecified atom stereocenters. The number of nitrogens with one attached hydrogen (secondary N) is 2. The molecule has 0 fully saturated rings. The van der Waals surface area contributed by atoms with Crippen LogP contribution < -0.4 is 10.6 Å². The number of benzene rings is 1. The van der Waals surface area contributed by atoms with Gasteiger partial charge in [-0.2, -0.15) is 0 Å². The van der Waals surface area contributed by atoms with Crippen LogP contribution in [0.1, 0.15) is 12.5 Å². The van der Waals surface area contributed by atoms with Gasteiger partial charge in [-0.3, -0.25) is 0 Å². The Morgan fingerprint density at radius 2 is 2.00 bits per heavy atom. The lowest BCUT2D eigenvalue weighted by Gasteiger charge is -2.09. The van der Waals surface area contributed by atoms with Gasteiger partial charge in [-0.05, 0) is 24.6 Å². The molecule has 0 aliphatic heterocycles. The van der Waals surface area contributed by atoms with Crippen LogP contribution in [0.3, 0.4) is 0 Å². The van der Waals surface area contributed by atoms with E-state index < -0.39 is 0 Å². The molecule has 2 N–H and O–H groups in total. The van der Waals surface area contributed by atoms with Crippen molar-refractivity contribution in [3.8, 4) is 0 Å². The quantitative estimate of drug-likeness (QED) is 0.860. The molecule has 2 aromatic rings. The summed E-state index contributed by atoms with van der Waals surface area (Å²) in [6.07, 6.45) is 1.78. The fraction of sp³-hybridized carbons (Fsp3) is 0.214. The first-order chi connectivity index (χ1) is 8.79. The molecule has 0 radical (unpaired) electrons. The van der Waals surface area contributed by atoms with Gasteiger partial charge in [0.2, 0.25) is 0 Å². The van der Waals surface area contributed by atoms with Crippen LogP contribution in [0.25, 0.3) is 0 Å². The summed E-state index contributed by atoms with van der Waals surface area (Å²) in [5.41, 5.74) is 2.11. The number of rotatable bonds is 5. The number of anilines is 2. The molecule has 0 saturated carbocycles. The highest BCUT2D eigenvalue weighted by molar-refractivity contribution is 6.31. The summed E-state index contributed by atoms with van der Waals surface area (Å²) in [4.78, 5) is 4.22. The minimum atomic E-state index is 0.704. The third-order valence-corrected chi connectivity index (χ3v) is 2.93. The smallest absolute Gasteiger partial charge is 0.127 e. The molecular weight excluding hydrogens is 246 g/mol. The number of nitrogens with zero attached hydrogens (tertiary/aromatic N) is 1. The van der Waals surface area contributed by atoms with Crippen molar-refractivity contribution in [2.45, 2.75) is 13.5 Å². The first-order valence-corrected chi connectivity index (χ1v) is 6.34. The second-order valence-corrected chi connectivity index (χ2v) is 4.31. The molecule has 94 valence electrons. The van der Waals surface area contributed by atoms with Gasteiger partial charge in [0.15, 0.2) is 0 Å². The number of pyridine rings is 1. The first kappa shape index (κ1) is 12.7. The maximum absolute atomic E-state index is 6.11. The van der Waals surface area contributed by atoms with Gasteiger partial charge in [-0.1, -0.05) is 29.8 Å². The summed E-state index contributed by atoms with van der Waals surface area (Å²) in [6, 6.07) is 11.8. The largest absolute Gasteiger partial charge is 0.381 e. The lowest BCUT2D eigenvalue weighted by Crippen LogP contribution is -2.03. The Morgan fingerprint density at radius 1 is 1.17 bits per heavy atom. The maximum atomic E-state index is 6.11. The van der Waals surface area contributed by atoms with E-state index in [1.165, 1.54) is 0 Å². The highest BCUT2D eigenvalue weighted by Crippen LogP contribution is 2.18. The molecule has 2 rings (SSSR count). The Labute approximate surface area is 112 Å². The standard InChI is InChI=1S/C14H16ClN3/c1-2-16-14-9-12(7-8-17-14)18-10-11-5-3-4-6-13(11)15/h3-9H,2,10H2,1H3,(H2,16,17,18). The topological polar surface area (TPSA) is 37.0 Å². The molecule has 0 spiro atoms. The van der Waals surface area contributed by atoms with Crippen LogP contribution >= 0.6 is 11.6 Å². The van der Waals surface area contributed by atoms with Gasteiger partial charge in [-0.15, -0.1) is 0 Å². The van der Waals surface area contributed by atoms with Crippen molar-refractivity contribution in [2.24, 2.45) is 0 Å². The SMILES string of the molecule is CCNc1cc(NCc2ccccc2Cl)ccn1. The van der Waals surface area contributed by atoms with Gasteiger partial charge in [0.25, 0.3) is 0 Å². The lowest BCUT2D eigenvalue weighted by molar-refractivity contribution is 1.13. The summed E-state index contributed by atoms with van der Waals surface area (Å²) < 4.78 is 0. The number of hydrogen-bond donors (Lipinski definition) is 2. The minimum absolute atomic E-state index is 0.704. The summed E-state index contributed by atoms with van der Waals surface area (Å²) in [5, 5.41) is 7.30. The molecule has 4 heteroatoms. The van der Waals surface area contributed by atoms with Crippen molar-refractivity contribution in [3.63, 3.8) is 0 Å². The van der Waals surface area contributed by atoms with Crippen LogP contribution in [-0.2, 0) is 6.54 Å². The Morgan fingerprint density at radius 3 is 2.78 bits per heavy atom. The van der Waals surface area contributed by atoms with Crippen LogP contribution in [0.4, 0.5) is 11.5 Å². The predicted octanol–water partition coefficient (Wildman–Crippen LogP) is 3.78. The van der Waals surface area contributed by atoms with Crippen molar-refractivity contribution in [3.05, 3.63) is 53.2 Å². The van der Waals surface area contributed by atoms with Crippen LogP contribution in [0.15, 0.2) is 42.6 Å². The predicted molar refractivity (Wildman–Crippen MR) is 77.2 cm³/mol. The molecule has 1 heterocycles. The van der Waals surface area contributed by atoms with Crippen LogP contribution in [0.5, 0.6) is 0 Å². The van der Waals surface area contributed by atoms with E-state index in [-0.39, 0.29) is 0 Å². The zero-order chi connectivity index (χ0) is 12.8. The average Bonchev–Trinajstić information content (AvgIpc) is 2.39. The van der Waals surface area contributed by atoms with Gasteiger partial charge < -0.3 is 10.6 Å². The molecule has 0 atom stereocenters. The molecule has 18 heavy (non-hydrogen) atoms. The Balaban J connectivity index is 2.02. The van der Waals surface area contributed by atoms with Crippen molar-refractivity contribution in [1.29, 1.82) is 0 Å². The van der Waals surface area contributed by atoms with E-state index in [0.29, 0.717) is 6.54 Å². The molecule has 0 saturated heterocycles. The van der Waals surface area contributed by atoms with Crippen LogP contribution in [0.2, 0.25) is 5.02 Å². The molecule has 0 aliphatic carbocycles. The van der Waals surface area contributed by atoms with Crippen molar-refractivity contribution < 1.29 is 0 Å². The molecular formula is C14H16ClN3. The highest BCUT2D eigenvalue weighted by atomic mass is 35.5. The fourth-order valence-corrected chi connectivity index (χ4v) is 1.86. The van der Waals surface area contributed by atoms with Gasteiger partial charge in [-0.25, -0.2) is 4.98 Å². The Kier molecular flexibility index (Phi) is 4.42. The van der Waals surface area contributed by atoms with Crippen molar-refractivity contribution in [1.82, 2.24) is 4.98 Å². The van der Waals surface area contributed by atoms with Gasteiger partial charge in [0.1, 0.15) is 5.82 Å². The minimum Gasteiger partial charge on any atom is -0.381 e. The van der Waals surface area contributed by atoms with E-state index in [2.05, 4.69) is 15.6 Å². The van der Waals surface area contributed by atoms with Crippen molar-refractivity contribution in [2.75, 3.05) is 17.2 Å². The third-order valence-electron chi connectivity index (χ3n) is 2.56. The second kappa shape index (κ2) is 6.26. The average molecular weight is 262 g/mol. The zero-order valence-electron chi connectivity index (χ0n) is 10.3. The summed E-state index contributed by atoms with van der Waals surface area (Å²) in [6.45, 7) is 3.61. The molecule has 0 aliphatic rings. The van der Waals surface area contributed by atoms with E-state index in [1.54, 1.807) is 6.20 Å². The Hall–Kier alpha value is -1.74. The van der Waals surface area contributed by atoms with Crippen LogP contribution in [0, 0.1) is 0 Å². The number of halogens is 1. The van der Waals surface area contributed by atoms with E-state index in [0.717, 1.165) is 28.6 Å². The van der Waals surface area contributed by atoms with Gasteiger partial charge in [0.05, 0.1) is 0 Å². The lowest BCUT2D eigenvalue weighted by atomic mass is 10.2. The van der Waals surface area contributed by atoms with Crippen LogP contribution in [-0.4, -0.2) is 11.5 Å². The van der Waals surface area contributed by atoms with E-state index in [4.69, 9.17) is 11.6 Å².